The maximum Gasteiger partial charge on any atom is 0.341 e. The molecule has 1 N–H and O–H groups in total. The van der Waals surface area contributed by atoms with Crippen LogP contribution in [-0.4, -0.2) is 22.9 Å². The number of fused-ring (bicyclic) bond motifs is 1. The van der Waals surface area contributed by atoms with Crippen molar-refractivity contribution < 1.29 is 14.6 Å². The highest BCUT2D eigenvalue weighted by Crippen LogP contribution is 2.45. The highest BCUT2D eigenvalue weighted by atomic mass is 32.2. The van der Waals surface area contributed by atoms with Crippen LogP contribution in [0.5, 0.6) is 0 Å². The van der Waals surface area contributed by atoms with Gasteiger partial charge in [-0.2, -0.15) is 0 Å². The van der Waals surface area contributed by atoms with Crippen LogP contribution in [0.1, 0.15) is 19.4 Å². The summed E-state index contributed by atoms with van der Waals surface area (Å²) in [5, 5.41) is 9.42. The van der Waals surface area contributed by atoms with Gasteiger partial charge < -0.3 is 9.84 Å². The van der Waals surface area contributed by atoms with E-state index in [4.69, 9.17) is 4.74 Å². The van der Waals surface area contributed by atoms with Crippen molar-refractivity contribution >= 4 is 17.7 Å². The Morgan fingerprint density at radius 1 is 1.50 bits per heavy atom. The lowest BCUT2D eigenvalue weighted by atomic mass is 9.96. The number of thioether (sulfide) groups is 1. The quantitative estimate of drug-likeness (QED) is 0.878. The van der Waals surface area contributed by atoms with E-state index in [0.29, 0.717) is 5.75 Å². The van der Waals surface area contributed by atoms with Crippen molar-refractivity contribution in [1.29, 1.82) is 0 Å². The minimum absolute atomic E-state index is 0.108. The van der Waals surface area contributed by atoms with Gasteiger partial charge in [-0.25, -0.2) is 4.79 Å². The van der Waals surface area contributed by atoms with Gasteiger partial charge in [0.15, 0.2) is 0 Å². The lowest BCUT2D eigenvalue weighted by molar-refractivity contribution is -0.169. The number of carboxylic acid groups (broad SMARTS) is 1. The van der Waals surface area contributed by atoms with Crippen molar-refractivity contribution in [2.24, 2.45) is 0 Å². The summed E-state index contributed by atoms with van der Waals surface area (Å²) in [4.78, 5) is 12.5. The lowest BCUT2D eigenvalue weighted by Crippen LogP contribution is -2.41. The molecule has 86 valence electrons. The number of carboxylic acids is 1. The van der Waals surface area contributed by atoms with Crippen molar-refractivity contribution in [3.63, 3.8) is 0 Å². The second-order valence-electron chi connectivity index (χ2n) is 4.08. The van der Waals surface area contributed by atoms with E-state index in [-0.39, 0.29) is 6.10 Å². The van der Waals surface area contributed by atoms with E-state index in [9.17, 15) is 9.90 Å². The zero-order chi connectivity index (χ0) is 11.8. The van der Waals surface area contributed by atoms with Crippen LogP contribution in [0.15, 0.2) is 29.2 Å². The van der Waals surface area contributed by atoms with Gasteiger partial charge in [-0.1, -0.05) is 18.2 Å². The monoisotopic (exact) mass is 238 g/mol. The Morgan fingerprint density at radius 2 is 2.19 bits per heavy atom. The second-order valence-corrected chi connectivity index (χ2v) is 5.10. The average Bonchev–Trinajstić information content (AvgIpc) is 2.58. The summed E-state index contributed by atoms with van der Waals surface area (Å²) >= 11 is 1.54. The minimum Gasteiger partial charge on any atom is -0.479 e. The van der Waals surface area contributed by atoms with Crippen molar-refractivity contribution in [1.82, 2.24) is 0 Å². The number of carbonyl (C=O) groups is 1. The molecule has 0 aromatic heterocycles. The first-order chi connectivity index (χ1) is 7.56. The first-order valence-corrected chi connectivity index (χ1v) is 6.18. The molecule has 1 aliphatic rings. The van der Waals surface area contributed by atoms with Crippen LogP contribution in [0.3, 0.4) is 0 Å². The Bertz CT molecular complexity index is 416. The number of aliphatic carboxylic acids is 1. The van der Waals surface area contributed by atoms with Crippen LogP contribution in [-0.2, 0) is 15.1 Å². The fourth-order valence-corrected chi connectivity index (χ4v) is 3.18. The zero-order valence-corrected chi connectivity index (χ0v) is 10.1. The van der Waals surface area contributed by atoms with Gasteiger partial charge in [0.25, 0.3) is 0 Å². The SMILES string of the molecule is CC(C)OC1(C(=O)O)CSc2ccccc21. The number of hydrogen-bond acceptors (Lipinski definition) is 3. The third-order valence-electron chi connectivity index (χ3n) is 2.54. The third-order valence-corrected chi connectivity index (χ3v) is 3.75. The molecule has 0 aliphatic carbocycles. The summed E-state index contributed by atoms with van der Waals surface area (Å²) in [6.07, 6.45) is -0.108. The Balaban J connectivity index is 2.47. The molecule has 0 spiro atoms. The first kappa shape index (κ1) is 11.5. The van der Waals surface area contributed by atoms with Crippen LogP contribution in [0, 0.1) is 0 Å². The topological polar surface area (TPSA) is 46.5 Å². The second kappa shape index (κ2) is 4.11. The molecule has 1 aromatic rings. The van der Waals surface area contributed by atoms with Crippen molar-refractivity contribution in [2.75, 3.05) is 5.75 Å². The Hall–Kier alpha value is -1.00. The molecule has 1 aliphatic heterocycles. The van der Waals surface area contributed by atoms with Crippen LogP contribution in [0.25, 0.3) is 0 Å². The fraction of sp³-hybridized carbons (Fsp3) is 0.417. The van der Waals surface area contributed by atoms with Crippen LogP contribution >= 0.6 is 11.8 Å². The Labute approximate surface area is 98.8 Å². The summed E-state index contributed by atoms with van der Waals surface area (Å²) in [7, 11) is 0. The Morgan fingerprint density at radius 3 is 2.81 bits per heavy atom. The highest BCUT2D eigenvalue weighted by Gasteiger charge is 2.48. The molecule has 0 amide bonds. The molecule has 1 unspecified atom stereocenters. The molecule has 1 heterocycles. The first-order valence-electron chi connectivity index (χ1n) is 5.20. The van der Waals surface area contributed by atoms with E-state index in [0.717, 1.165) is 10.5 Å². The van der Waals surface area contributed by atoms with Gasteiger partial charge >= 0.3 is 5.97 Å². The molecule has 0 saturated heterocycles. The van der Waals surface area contributed by atoms with E-state index < -0.39 is 11.6 Å². The van der Waals surface area contributed by atoms with E-state index >= 15 is 0 Å². The van der Waals surface area contributed by atoms with E-state index in [1.54, 1.807) is 0 Å². The van der Waals surface area contributed by atoms with E-state index in [1.165, 1.54) is 11.8 Å². The summed E-state index contributed by atoms with van der Waals surface area (Å²) in [6, 6.07) is 7.55. The maximum absolute atomic E-state index is 11.5. The molecule has 0 saturated carbocycles. The molecule has 1 atom stereocenters. The van der Waals surface area contributed by atoms with Crippen molar-refractivity contribution in [3.05, 3.63) is 29.8 Å². The average molecular weight is 238 g/mol. The molecule has 1 aromatic carbocycles. The van der Waals surface area contributed by atoms with Gasteiger partial charge in [-0.05, 0) is 19.9 Å². The number of rotatable bonds is 3. The van der Waals surface area contributed by atoms with Crippen molar-refractivity contribution in [3.8, 4) is 0 Å². The van der Waals surface area contributed by atoms with E-state index in [2.05, 4.69) is 0 Å². The van der Waals surface area contributed by atoms with Crippen molar-refractivity contribution in [2.45, 2.75) is 30.4 Å². The predicted octanol–water partition coefficient (Wildman–Crippen LogP) is 2.50. The molecular formula is C12H14O3S. The molecule has 3 nitrogen and oxygen atoms in total. The summed E-state index contributed by atoms with van der Waals surface area (Å²) < 4.78 is 5.67. The van der Waals surface area contributed by atoms with Gasteiger partial charge in [-0.15, -0.1) is 11.8 Å². The molecule has 2 rings (SSSR count). The summed E-state index contributed by atoms with van der Waals surface area (Å²) in [5.74, 6) is -0.460. The van der Waals surface area contributed by atoms with Crippen LogP contribution in [0.2, 0.25) is 0 Å². The third kappa shape index (κ3) is 1.72. The van der Waals surface area contributed by atoms with Crippen LogP contribution < -0.4 is 0 Å². The van der Waals surface area contributed by atoms with E-state index in [1.807, 2.05) is 38.1 Å². The van der Waals surface area contributed by atoms with Gasteiger partial charge in [-0.3, -0.25) is 0 Å². The minimum atomic E-state index is -1.17. The largest absolute Gasteiger partial charge is 0.479 e. The Kier molecular flexibility index (Phi) is 2.95. The molecule has 0 bridgehead atoms. The standard InChI is InChI=1S/C12H14O3S/c1-8(2)15-12(11(13)14)7-16-10-6-4-3-5-9(10)12/h3-6,8H,7H2,1-2H3,(H,13,14). The van der Waals surface area contributed by atoms with Gasteiger partial charge in [0.1, 0.15) is 0 Å². The number of ether oxygens (including phenoxy) is 1. The van der Waals surface area contributed by atoms with Gasteiger partial charge in [0.05, 0.1) is 6.10 Å². The molecule has 0 radical (unpaired) electrons. The smallest absolute Gasteiger partial charge is 0.341 e. The molecular weight excluding hydrogens is 224 g/mol. The molecule has 16 heavy (non-hydrogen) atoms. The lowest BCUT2D eigenvalue weighted by Gasteiger charge is -2.27. The number of benzene rings is 1. The zero-order valence-electron chi connectivity index (χ0n) is 9.27. The maximum atomic E-state index is 11.5. The fourth-order valence-electron chi connectivity index (χ4n) is 1.91. The summed E-state index contributed by atoms with van der Waals surface area (Å²) in [5.41, 5.74) is -0.392. The molecule has 0 fully saturated rings. The van der Waals surface area contributed by atoms with Gasteiger partial charge in [0, 0.05) is 16.2 Å². The highest BCUT2D eigenvalue weighted by molar-refractivity contribution is 7.99. The van der Waals surface area contributed by atoms with Crippen LogP contribution in [0.4, 0.5) is 0 Å². The predicted molar refractivity (Wildman–Crippen MR) is 62.7 cm³/mol. The number of hydrogen-bond donors (Lipinski definition) is 1. The summed E-state index contributed by atoms with van der Waals surface area (Å²) in [6.45, 7) is 3.71. The van der Waals surface area contributed by atoms with Gasteiger partial charge in [0.2, 0.25) is 5.60 Å². The molecule has 4 heteroatoms. The normalized spacial score (nSPS) is 23.4.